The maximum atomic E-state index is 13.5. The number of rotatable bonds is 1. The van der Waals surface area contributed by atoms with Gasteiger partial charge < -0.3 is 4.90 Å². The Morgan fingerprint density at radius 1 is 1.44 bits per heavy atom. The lowest BCUT2D eigenvalue weighted by molar-refractivity contribution is 0.545. The molecule has 1 aromatic carbocycles. The van der Waals surface area contributed by atoms with Gasteiger partial charge in [-0.1, -0.05) is 13.0 Å². The van der Waals surface area contributed by atoms with Crippen LogP contribution >= 0.6 is 0 Å². The molecular weight excluding hydrogens is 203 g/mol. The molecule has 3 heteroatoms. The van der Waals surface area contributed by atoms with Gasteiger partial charge in [0.05, 0.1) is 5.69 Å². The second kappa shape index (κ2) is 4.13. The Balaban J connectivity index is 2.42. The first kappa shape index (κ1) is 10.9. The molecule has 2 atom stereocenters. The molecule has 0 amide bonds. The van der Waals surface area contributed by atoms with Gasteiger partial charge in [-0.15, -0.1) is 0 Å². The number of hydrogen-bond donors (Lipinski definition) is 0. The fourth-order valence-corrected chi connectivity index (χ4v) is 2.30. The zero-order valence-electron chi connectivity index (χ0n) is 9.57. The van der Waals surface area contributed by atoms with E-state index in [0.29, 0.717) is 12.0 Å². The van der Waals surface area contributed by atoms with Gasteiger partial charge in [-0.2, -0.15) is 5.26 Å². The Morgan fingerprint density at radius 3 is 2.75 bits per heavy atom. The smallest absolute Gasteiger partial charge is 0.143 e. The number of nitrogens with zero attached hydrogens (tertiary/aromatic N) is 2. The fraction of sp³-hybridized carbons (Fsp3) is 0.462. The van der Waals surface area contributed by atoms with Crippen LogP contribution in [0.3, 0.4) is 0 Å². The van der Waals surface area contributed by atoms with Crippen molar-refractivity contribution in [3.05, 3.63) is 29.6 Å². The van der Waals surface area contributed by atoms with Crippen LogP contribution in [-0.4, -0.2) is 12.6 Å². The normalized spacial score (nSPS) is 24.5. The average Bonchev–Trinajstić information content (AvgIpc) is 2.59. The quantitative estimate of drug-likeness (QED) is 0.724. The van der Waals surface area contributed by atoms with E-state index < -0.39 is 5.82 Å². The van der Waals surface area contributed by atoms with E-state index in [9.17, 15) is 4.39 Å². The van der Waals surface area contributed by atoms with Crippen LogP contribution in [0.1, 0.15) is 25.8 Å². The number of anilines is 1. The van der Waals surface area contributed by atoms with Crippen molar-refractivity contribution in [1.82, 2.24) is 0 Å². The first-order valence-electron chi connectivity index (χ1n) is 5.60. The van der Waals surface area contributed by atoms with Crippen molar-refractivity contribution in [1.29, 1.82) is 5.26 Å². The lowest BCUT2D eigenvalue weighted by Gasteiger charge is -2.26. The van der Waals surface area contributed by atoms with Gasteiger partial charge in [-0.3, -0.25) is 0 Å². The summed E-state index contributed by atoms with van der Waals surface area (Å²) < 4.78 is 13.5. The van der Waals surface area contributed by atoms with E-state index >= 15 is 0 Å². The molecule has 0 spiro atoms. The molecule has 0 N–H and O–H groups in total. The summed E-state index contributed by atoms with van der Waals surface area (Å²) in [6, 6.07) is 7.17. The first-order chi connectivity index (χ1) is 7.65. The minimum absolute atomic E-state index is 0.170. The summed E-state index contributed by atoms with van der Waals surface area (Å²) in [4.78, 5) is 2.13. The van der Waals surface area contributed by atoms with Crippen molar-refractivity contribution in [3.8, 4) is 6.07 Å². The third kappa shape index (κ3) is 1.65. The molecular formula is C13H15FN2. The van der Waals surface area contributed by atoms with Crippen molar-refractivity contribution >= 4 is 5.69 Å². The molecule has 1 aromatic rings. The van der Waals surface area contributed by atoms with Gasteiger partial charge >= 0.3 is 0 Å². The van der Waals surface area contributed by atoms with Gasteiger partial charge in [0.1, 0.15) is 17.4 Å². The van der Waals surface area contributed by atoms with E-state index in [1.165, 1.54) is 6.07 Å². The maximum Gasteiger partial charge on any atom is 0.143 e. The summed E-state index contributed by atoms with van der Waals surface area (Å²) in [6.45, 7) is 5.22. The van der Waals surface area contributed by atoms with E-state index in [0.717, 1.165) is 18.7 Å². The van der Waals surface area contributed by atoms with E-state index in [2.05, 4.69) is 18.7 Å². The second-order valence-electron chi connectivity index (χ2n) is 4.45. The molecule has 2 rings (SSSR count). The van der Waals surface area contributed by atoms with Crippen molar-refractivity contribution in [2.24, 2.45) is 5.92 Å². The predicted molar refractivity (Wildman–Crippen MR) is 61.7 cm³/mol. The zero-order chi connectivity index (χ0) is 11.7. The molecule has 1 saturated heterocycles. The molecule has 1 aliphatic heterocycles. The van der Waals surface area contributed by atoms with Crippen molar-refractivity contribution in [2.75, 3.05) is 11.4 Å². The highest BCUT2D eigenvalue weighted by Crippen LogP contribution is 2.32. The third-order valence-corrected chi connectivity index (χ3v) is 3.55. The first-order valence-corrected chi connectivity index (χ1v) is 5.60. The second-order valence-corrected chi connectivity index (χ2v) is 4.45. The monoisotopic (exact) mass is 218 g/mol. The zero-order valence-corrected chi connectivity index (χ0v) is 9.57. The molecule has 2 unspecified atom stereocenters. The Kier molecular flexibility index (Phi) is 2.82. The van der Waals surface area contributed by atoms with Gasteiger partial charge in [0.2, 0.25) is 0 Å². The van der Waals surface area contributed by atoms with Crippen LogP contribution in [-0.2, 0) is 0 Å². The summed E-state index contributed by atoms with van der Waals surface area (Å²) in [5.74, 6) is 0.168. The maximum absolute atomic E-state index is 13.5. The minimum Gasteiger partial charge on any atom is -0.367 e. The standard InChI is InChI=1S/C13H15FN2/c1-9-6-7-16(10(9)2)13-5-3-4-12(14)11(13)8-15/h3-5,9-10H,6-7H2,1-2H3. The van der Waals surface area contributed by atoms with Crippen LogP contribution in [0.25, 0.3) is 0 Å². The van der Waals surface area contributed by atoms with Gasteiger partial charge in [0.15, 0.2) is 0 Å². The molecule has 84 valence electrons. The van der Waals surface area contributed by atoms with E-state index in [-0.39, 0.29) is 5.56 Å². The number of nitriles is 1. The largest absolute Gasteiger partial charge is 0.367 e. The summed E-state index contributed by atoms with van der Waals surface area (Å²) in [5.41, 5.74) is 0.905. The highest BCUT2D eigenvalue weighted by atomic mass is 19.1. The van der Waals surface area contributed by atoms with Gasteiger partial charge in [-0.25, -0.2) is 4.39 Å². The highest BCUT2D eigenvalue weighted by Gasteiger charge is 2.29. The number of halogens is 1. The van der Waals surface area contributed by atoms with Crippen LogP contribution < -0.4 is 4.90 Å². The highest BCUT2D eigenvalue weighted by molar-refractivity contribution is 5.61. The molecule has 0 radical (unpaired) electrons. The van der Waals surface area contributed by atoms with E-state index in [1.807, 2.05) is 12.1 Å². The molecule has 0 bridgehead atoms. The van der Waals surface area contributed by atoms with Crippen LogP contribution in [0.15, 0.2) is 18.2 Å². The lowest BCUT2D eigenvalue weighted by Crippen LogP contribution is -2.29. The summed E-state index contributed by atoms with van der Waals surface area (Å²) >= 11 is 0. The Bertz CT molecular complexity index is 436. The molecule has 0 aromatic heterocycles. The van der Waals surface area contributed by atoms with Crippen molar-refractivity contribution in [2.45, 2.75) is 26.3 Å². The van der Waals surface area contributed by atoms with Crippen molar-refractivity contribution in [3.63, 3.8) is 0 Å². The summed E-state index contributed by atoms with van der Waals surface area (Å²) in [7, 11) is 0. The number of hydrogen-bond acceptors (Lipinski definition) is 2. The molecule has 1 heterocycles. The number of benzene rings is 1. The summed E-state index contributed by atoms with van der Waals surface area (Å²) in [5, 5.41) is 9.00. The lowest BCUT2D eigenvalue weighted by atomic mass is 10.0. The molecule has 1 fully saturated rings. The topological polar surface area (TPSA) is 27.0 Å². The summed E-state index contributed by atoms with van der Waals surface area (Å²) in [6.07, 6.45) is 1.10. The van der Waals surface area contributed by atoms with Gasteiger partial charge in [0.25, 0.3) is 0 Å². The SMILES string of the molecule is CC1CCN(c2cccc(F)c2C#N)C1C. The Labute approximate surface area is 95.3 Å². The average molecular weight is 218 g/mol. The van der Waals surface area contributed by atoms with Crippen LogP contribution in [0.2, 0.25) is 0 Å². The minimum atomic E-state index is -0.424. The fourth-order valence-electron chi connectivity index (χ4n) is 2.30. The molecule has 2 nitrogen and oxygen atoms in total. The van der Waals surface area contributed by atoms with E-state index in [4.69, 9.17) is 5.26 Å². The molecule has 16 heavy (non-hydrogen) atoms. The Morgan fingerprint density at radius 2 is 2.19 bits per heavy atom. The van der Waals surface area contributed by atoms with Gasteiger partial charge in [0, 0.05) is 12.6 Å². The van der Waals surface area contributed by atoms with Crippen molar-refractivity contribution < 1.29 is 4.39 Å². The van der Waals surface area contributed by atoms with E-state index in [1.54, 1.807) is 6.07 Å². The third-order valence-electron chi connectivity index (χ3n) is 3.55. The van der Waals surface area contributed by atoms with Crippen LogP contribution in [0.4, 0.5) is 10.1 Å². The predicted octanol–water partition coefficient (Wildman–Crippen LogP) is 2.93. The molecule has 1 aliphatic rings. The van der Waals surface area contributed by atoms with Gasteiger partial charge in [-0.05, 0) is 31.4 Å². The van der Waals surface area contributed by atoms with Crippen LogP contribution in [0.5, 0.6) is 0 Å². The molecule has 0 saturated carbocycles. The molecule has 0 aliphatic carbocycles. The van der Waals surface area contributed by atoms with Crippen LogP contribution in [0, 0.1) is 23.1 Å². The Hall–Kier alpha value is -1.56.